The van der Waals surface area contributed by atoms with Crippen molar-refractivity contribution in [2.75, 3.05) is 10.8 Å². The van der Waals surface area contributed by atoms with Gasteiger partial charge in [0.15, 0.2) is 0 Å². The van der Waals surface area contributed by atoms with E-state index in [1.165, 1.54) is 17.0 Å². The second-order valence-corrected chi connectivity index (χ2v) is 12.7. The molecule has 9 heteroatoms. The summed E-state index contributed by atoms with van der Waals surface area (Å²) in [4.78, 5) is 28.8. The second-order valence-electron chi connectivity index (χ2n) is 9.90. The van der Waals surface area contributed by atoms with Gasteiger partial charge in [0.05, 0.1) is 10.6 Å². The molecule has 0 aromatic heterocycles. The predicted octanol–water partition coefficient (Wildman–Crippen LogP) is 5.59. The molecule has 3 rings (SSSR count). The highest BCUT2D eigenvalue weighted by atomic mass is 79.9. The van der Waals surface area contributed by atoms with E-state index in [0.29, 0.717) is 12.1 Å². The molecule has 7 nitrogen and oxygen atoms in total. The van der Waals surface area contributed by atoms with Gasteiger partial charge in [-0.1, -0.05) is 70.4 Å². The van der Waals surface area contributed by atoms with Crippen LogP contribution in [0.1, 0.15) is 43.9 Å². The van der Waals surface area contributed by atoms with Crippen LogP contribution < -0.4 is 9.62 Å². The van der Waals surface area contributed by atoms with Crippen LogP contribution in [0.2, 0.25) is 0 Å². The molecule has 0 saturated carbocycles. The van der Waals surface area contributed by atoms with Gasteiger partial charge in [0.25, 0.3) is 10.0 Å². The minimum absolute atomic E-state index is 0.0821. The van der Waals surface area contributed by atoms with Gasteiger partial charge in [-0.05, 0) is 76.1 Å². The first-order valence-corrected chi connectivity index (χ1v) is 15.2. The number of sulfonamides is 1. The van der Waals surface area contributed by atoms with Gasteiger partial charge in [-0.3, -0.25) is 13.9 Å². The summed E-state index contributed by atoms with van der Waals surface area (Å²) < 4.78 is 29.6. The Labute approximate surface area is 240 Å². The highest BCUT2D eigenvalue weighted by Crippen LogP contribution is 2.26. The molecule has 0 fully saturated rings. The van der Waals surface area contributed by atoms with Crippen molar-refractivity contribution in [1.29, 1.82) is 0 Å². The van der Waals surface area contributed by atoms with Gasteiger partial charge in [0.1, 0.15) is 12.6 Å². The molecule has 0 aliphatic carbocycles. The first kappa shape index (κ1) is 30.4. The van der Waals surface area contributed by atoms with E-state index >= 15 is 0 Å². The third kappa shape index (κ3) is 7.92. The largest absolute Gasteiger partial charge is 0.352 e. The molecular weight excluding hydrogens is 578 g/mol. The van der Waals surface area contributed by atoms with Crippen molar-refractivity contribution >= 4 is 43.5 Å². The number of amides is 2. The number of aryl methyl sites for hydroxylation is 2. The zero-order valence-corrected chi connectivity index (χ0v) is 25.4. The van der Waals surface area contributed by atoms with E-state index in [-0.39, 0.29) is 23.4 Å². The van der Waals surface area contributed by atoms with Gasteiger partial charge in [-0.25, -0.2) is 8.42 Å². The summed E-state index contributed by atoms with van der Waals surface area (Å²) in [5.74, 6) is -0.744. The van der Waals surface area contributed by atoms with Crippen molar-refractivity contribution in [2.45, 2.75) is 64.6 Å². The Morgan fingerprint density at radius 3 is 2.13 bits per heavy atom. The van der Waals surface area contributed by atoms with Crippen LogP contribution in [0.25, 0.3) is 0 Å². The molecule has 208 valence electrons. The Hall–Kier alpha value is -3.17. The van der Waals surface area contributed by atoms with Gasteiger partial charge < -0.3 is 10.2 Å². The fraction of sp³-hybridized carbons (Fsp3) is 0.333. The number of hydrogen-bond acceptors (Lipinski definition) is 4. The monoisotopic (exact) mass is 613 g/mol. The van der Waals surface area contributed by atoms with Crippen LogP contribution in [0.3, 0.4) is 0 Å². The van der Waals surface area contributed by atoms with Crippen molar-refractivity contribution in [3.8, 4) is 0 Å². The molecule has 39 heavy (non-hydrogen) atoms. The van der Waals surface area contributed by atoms with Crippen LogP contribution >= 0.6 is 15.9 Å². The van der Waals surface area contributed by atoms with E-state index in [1.807, 2.05) is 58.9 Å². The van der Waals surface area contributed by atoms with Crippen molar-refractivity contribution in [1.82, 2.24) is 10.2 Å². The number of hydrogen-bond donors (Lipinski definition) is 1. The fourth-order valence-corrected chi connectivity index (χ4v) is 5.96. The van der Waals surface area contributed by atoms with Gasteiger partial charge in [0.2, 0.25) is 11.8 Å². The summed E-state index contributed by atoms with van der Waals surface area (Å²) in [7, 11) is -4.09. The van der Waals surface area contributed by atoms with Crippen molar-refractivity contribution in [3.63, 3.8) is 0 Å². The molecule has 0 radical (unpaired) electrons. The van der Waals surface area contributed by atoms with Crippen LogP contribution in [0.5, 0.6) is 0 Å². The van der Waals surface area contributed by atoms with E-state index in [0.717, 1.165) is 25.5 Å². The molecule has 1 N–H and O–H groups in total. The molecule has 0 unspecified atom stereocenters. The number of carbonyl (C=O) groups is 2. The Bertz CT molecular complexity index is 1390. The number of benzene rings is 3. The maximum absolute atomic E-state index is 14.0. The van der Waals surface area contributed by atoms with Crippen LogP contribution in [0.4, 0.5) is 5.69 Å². The van der Waals surface area contributed by atoms with Crippen LogP contribution in [-0.4, -0.2) is 43.8 Å². The van der Waals surface area contributed by atoms with E-state index in [1.54, 1.807) is 36.4 Å². The summed E-state index contributed by atoms with van der Waals surface area (Å²) in [5, 5.41) is 2.91. The van der Waals surface area contributed by atoms with E-state index in [9.17, 15) is 18.0 Å². The SMILES string of the molecule is CC[C@H](C(=O)NC(C)C)N(Cc1cccc(C)c1)C(=O)CN(c1ccc(Br)cc1)S(=O)(=O)c1ccc(C)cc1. The Morgan fingerprint density at radius 2 is 1.56 bits per heavy atom. The molecule has 0 aliphatic heterocycles. The highest BCUT2D eigenvalue weighted by Gasteiger charge is 2.33. The van der Waals surface area contributed by atoms with Crippen LogP contribution in [-0.2, 0) is 26.2 Å². The number of carbonyl (C=O) groups excluding carboxylic acids is 2. The standard InChI is InChI=1S/C30H36BrN3O4S/c1-6-28(30(36)32-21(2)3)33(19-24-9-7-8-23(5)18-24)29(35)20-34(26-14-12-25(31)13-15-26)39(37,38)27-16-10-22(4)11-17-27/h7-18,21,28H,6,19-20H2,1-5H3,(H,32,36)/t28-/m1/s1. The van der Waals surface area contributed by atoms with E-state index in [4.69, 9.17) is 0 Å². The summed E-state index contributed by atoms with van der Waals surface area (Å²) in [6, 6.07) is 20.1. The van der Waals surface area contributed by atoms with Crippen molar-refractivity contribution in [3.05, 3.63) is 94.0 Å². The highest BCUT2D eigenvalue weighted by molar-refractivity contribution is 9.10. The number of nitrogens with one attached hydrogen (secondary N) is 1. The smallest absolute Gasteiger partial charge is 0.264 e. The van der Waals surface area contributed by atoms with E-state index < -0.39 is 28.5 Å². The zero-order valence-electron chi connectivity index (χ0n) is 23.0. The van der Waals surface area contributed by atoms with Crippen LogP contribution in [0.15, 0.2) is 82.2 Å². The summed E-state index contributed by atoms with van der Waals surface area (Å²) in [6.45, 7) is 9.11. The maximum Gasteiger partial charge on any atom is 0.264 e. The summed E-state index contributed by atoms with van der Waals surface area (Å²) in [5.41, 5.74) is 3.16. The number of halogens is 1. The van der Waals surface area contributed by atoms with Gasteiger partial charge in [-0.2, -0.15) is 0 Å². The number of anilines is 1. The van der Waals surface area contributed by atoms with Crippen molar-refractivity contribution < 1.29 is 18.0 Å². The molecule has 0 heterocycles. The summed E-state index contributed by atoms with van der Waals surface area (Å²) >= 11 is 3.39. The molecule has 3 aromatic rings. The maximum atomic E-state index is 14.0. The number of nitrogens with zero attached hydrogens (tertiary/aromatic N) is 2. The lowest BCUT2D eigenvalue weighted by molar-refractivity contribution is -0.140. The minimum Gasteiger partial charge on any atom is -0.352 e. The minimum atomic E-state index is -4.09. The third-order valence-corrected chi connectivity index (χ3v) is 8.57. The molecule has 2 amide bonds. The average molecular weight is 615 g/mol. The number of rotatable bonds is 11. The quantitative estimate of drug-likeness (QED) is 0.305. The Balaban J connectivity index is 2.06. The zero-order chi connectivity index (χ0) is 28.7. The lowest BCUT2D eigenvalue weighted by Crippen LogP contribution is -2.53. The Kier molecular flexibility index (Phi) is 10.3. The lowest BCUT2D eigenvalue weighted by Gasteiger charge is -2.33. The van der Waals surface area contributed by atoms with Gasteiger partial charge in [0, 0.05) is 17.1 Å². The molecule has 3 aromatic carbocycles. The molecular formula is C30H36BrN3O4S. The second kappa shape index (κ2) is 13.3. The first-order valence-electron chi connectivity index (χ1n) is 12.9. The molecule has 0 saturated heterocycles. The van der Waals surface area contributed by atoms with E-state index in [2.05, 4.69) is 21.2 Å². The fourth-order valence-electron chi connectivity index (χ4n) is 4.28. The Morgan fingerprint density at radius 1 is 0.923 bits per heavy atom. The van der Waals surface area contributed by atoms with Crippen molar-refractivity contribution in [2.24, 2.45) is 0 Å². The molecule has 0 bridgehead atoms. The average Bonchev–Trinajstić information content (AvgIpc) is 2.87. The summed E-state index contributed by atoms with van der Waals surface area (Å²) in [6.07, 6.45) is 0.374. The molecule has 1 atom stereocenters. The molecule has 0 aliphatic rings. The normalized spacial score (nSPS) is 12.2. The topological polar surface area (TPSA) is 86.8 Å². The van der Waals surface area contributed by atoms with Crippen LogP contribution in [0, 0.1) is 13.8 Å². The van der Waals surface area contributed by atoms with Gasteiger partial charge in [-0.15, -0.1) is 0 Å². The predicted molar refractivity (Wildman–Crippen MR) is 159 cm³/mol. The molecule has 0 spiro atoms. The third-order valence-electron chi connectivity index (χ3n) is 6.25. The first-order chi connectivity index (χ1) is 18.4. The lowest BCUT2D eigenvalue weighted by atomic mass is 10.1. The van der Waals surface area contributed by atoms with Gasteiger partial charge >= 0.3 is 0 Å².